The van der Waals surface area contributed by atoms with E-state index in [1.165, 1.54) is 19.3 Å². The molecule has 0 aromatic heterocycles. The molecule has 200 valence electrons. The van der Waals surface area contributed by atoms with E-state index in [1.54, 1.807) is 36.9 Å². The molecule has 0 radical (unpaired) electrons. The minimum Gasteiger partial charge on any atom is -0.508 e. The lowest BCUT2D eigenvalue weighted by Crippen LogP contribution is -2.58. The Morgan fingerprint density at radius 2 is 1.84 bits per heavy atom. The number of carbonyl (C=O) groups is 2. The molecule has 1 aliphatic carbocycles. The van der Waals surface area contributed by atoms with Crippen molar-refractivity contribution in [3.63, 3.8) is 0 Å². The first-order chi connectivity index (χ1) is 17.9. The molecular formula is C28H36IN3O4S. The molecule has 7 nitrogen and oxygen atoms in total. The van der Waals surface area contributed by atoms with E-state index in [9.17, 15) is 19.8 Å². The second kappa shape index (κ2) is 13.3. The zero-order valence-corrected chi connectivity index (χ0v) is 24.1. The molecule has 2 fully saturated rings. The molecule has 2 aliphatic rings. The summed E-state index contributed by atoms with van der Waals surface area (Å²) in [6, 6.07) is 13.9. The van der Waals surface area contributed by atoms with Crippen LogP contribution in [-0.4, -0.2) is 64.0 Å². The van der Waals surface area contributed by atoms with Crippen LogP contribution in [0.1, 0.15) is 48.0 Å². The number of thioether (sulfide) groups is 1. The first-order valence-electron chi connectivity index (χ1n) is 13.0. The molecule has 1 saturated carbocycles. The zero-order chi connectivity index (χ0) is 26.4. The van der Waals surface area contributed by atoms with Crippen LogP contribution in [-0.2, 0) is 4.79 Å². The standard InChI is InChI=1S/C28H36IN3O4S/c1-18-22(12-7-13-25(18)33)27(35)30-23(17-37-21-10-3-2-4-11-21)26(34)16-32-15-20-9-6-5-8-19(20)14-24(32)28(36)31-29/h2-4,7,10-13,19-20,23-24,26,33-34H,5-6,8-9,14-17H2,1H3,(H,30,35)(H,31,36)/t19-,20+,23-,24-,26+/m0/s1. The molecule has 4 rings (SSSR count). The normalized spacial score (nSPS) is 23.5. The Hall–Kier alpha value is -1.82. The maximum atomic E-state index is 13.2. The summed E-state index contributed by atoms with van der Waals surface area (Å²) in [5.41, 5.74) is 0.884. The fraction of sp³-hybridized carbons (Fsp3) is 0.500. The Bertz CT molecular complexity index is 1070. The van der Waals surface area contributed by atoms with Crippen molar-refractivity contribution in [1.82, 2.24) is 13.7 Å². The number of amides is 2. The molecule has 2 aromatic carbocycles. The van der Waals surface area contributed by atoms with Crippen molar-refractivity contribution in [2.75, 3.05) is 18.8 Å². The van der Waals surface area contributed by atoms with Gasteiger partial charge in [0.05, 0.1) is 41.1 Å². The average molecular weight is 638 g/mol. The summed E-state index contributed by atoms with van der Waals surface area (Å²) in [5.74, 6) is 1.27. The van der Waals surface area contributed by atoms with Gasteiger partial charge in [-0.2, -0.15) is 0 Å². The number of phenolic OH excluding ortho intramolecular Hbond substituents is 1. The summed E-state index contributed by atoms with van der Waals surface area (Å²) in [5, 5.41) is 24.6. The first-order valence-corrected chi connectivity index (χ1v) is 15.0. The van der Waals surface area contributed by atoms with Crippen LogP contribution in [0.15, 0.2) is 53.4 Å². The monoisotopic (exact) mass is 637 g/mol. The van der Waals surface area contributed by atoms with Gasteiger partial charge in [0, 0.05) is 34.9 Å². The van der Waals surface area contributed by atoms with Crippen LogP contribution in [0.3, 0.4) is 0 Å². The number of nitrogens with one attached hydrogen (secondary N) is 2. The summed E-state index contributed by atoms with van der Waals surface area (Å²) < 4.78 is 2.78. The fourth-order valence-electron chi connectivity index (χ4n) is 5.67. The van der Waals surface area contributed by atoms with E-state index in [0.29, 0.717) is 35.3 Å². The molecule has 1 aliphatic heterocycles. The Morgan fingerprint density at radius 3 is 2.57 bits per heavy atom. The average Bonchev–Trinajstić information content (AvgIpc) is 2.92. The lowest BCUT2D eigenvalue weighted by Gasteiger charge is -2.46. The number of halogens is 1. The fourth-order valence-corrected chi connectivity index (χ4v) is 7.06. The largest absolute Gasteiger partial charge is 0.508 e. The van der Waals surface area contributed by atoms with Gasteiger partial charge >= 0.3 is 0 Å². The Balaban J connectivity index is 1.51. The van der Waals surface area contributed by atoms with Gasteiger partial charge < -0.3 is 15.5 Å². The minimum atomic E-state index is -0.873. The number of phenols is 1. The van der Waals surface area contributed by atoms with Crippen LogP contribution >= 0.6 is 34.6 Å². The number of aliphatic hydroxyl groups is 1. The van der Waals surface area contributed by atoms with E-state index >= 15 is 0 Å². The highest BCUT2D eigenvalue weighted by Crippen LogP contribution is 2.39. The number of carbonyl (C=O) groups excluding carboxylic acids is 2. The van der Waals surface area contributed by atoms with Crippen molar-refractivity contribution in [2.24, 2.45) is 11.8 Å². The van der Waals surface area contributed by atoms with Gasteiger partial charge in [0.15, 0.2) is 0 Å². The van der Waals surface area contributed by atoms with E-state index in [1.807, 2.05) is 53.2 Å². The van der Waals surface area contributed by atoms with Crippen LogP contribution in [0.4, 0.5) is 0 Å². The number of fused-ring (bicyclic) bond motifs is 1. The third-order valence-corrected chi connectivity index (χ3v) is 9.49. The molecule has 0 spiro atoms. The van der Waals surface area contributed by atoms with Gasteiger partial charge in [-0.15, -0.1) is 11.8 Å². The SMILES string of the molecule is Cc1c(O)cccc1C(=O)N[C@@H](CSc1ccccc1)[C@H](O)CN1C[C@H]2CCCC[C@H]2C[C@H]1C(=O)NI. The molecule has 1 heterocycles. The highest BCUT2D eigenvalue weighted by atomic mass is 127. The smallest absolute Gasteiger partial charge is 0.252 e. The van der Waals surface area contributed by atoms with Gasteiger partial charge in [-0.3, -0.25) is 18.0 Å². The highest BCUT2D eigenvalue weighted by molar-refractivity contribution is 14.1. The molecule has 5 atom stereocenters. The van der Waals surface area contributed by atoms with Crippen molar-refractivity contribution in [3.8, 4) is 5.75 Å². The third-order valence-electron chi connectivity index (χ3n) is 7.82. The van der Waals surface area contributed by atoms with Gasteiger partial charge in [-0.05, 0) is 55.9 Å². The number of rotatable bonds is 9. The number of nitrogens with zero attached hydrogens (tertiary/aromatic N) is 1. The number of β-amino-alcohol motifs (C(OH)–C–C–N with tert-alkyl or cyclic N) is 1. The van der Waals surface area contributed by atoms with Gasteiger partial charge in [-0.1, -0.05) is 43.5 Å². The van der Waals surface area contributed by atoms with E-state index in [2.05, 4.69) is 13.7 Å². The van der Waals surface area contributed by atoms with Crippen LogP contribution in [0, 0.1) is 18.8 Å². The van der Waals surface area contributed by atoms with E-state index in [-0.39, 0.29) is 23.6 Å². The van der Waals surface area contributed by atoms with Gasteiger partial charge in [0.25, 0.3) is 5.91 Å². The number of hydrogen-bond acceptors (Lipinski definition) is 6. The van der Waals surface area contributed by atoms with E-state index in [4.69, 9.17) is 0 Å². The third kappa shape index (κ3) is 7.19. The summed E-state index contributed by atoms with van der Waals surface area (Å²) in [6.45, 7) is 2.79. The maximum Gasteiger partial charge on any atom is 0.252 e. The molecule has 2 amide bonds. The molecule has 0 unspecified atom stereocenters. The lowest BCUT2D eigenvalue weighted by molar-refractivity contribution is -0.128. The van der Waals surface area contributed by atoms with Crippen LogP contribution in [0.5, 0.6) is 5.75 Å². The van der Waals surface area contributed by atoms with E-state index < -0.39 is 12.1 Å². The van der Waals surface area contributed by atoms with Gasteiger partial charge in [0.2, 0.25) is 5.91 Å². The van der Waals surface area contributed by atoms with Crippen molar-refractivity contribution in [1.29, 1.82) is 0 Å². The molecule has 0 bridgehead atoms. The Morgan fingerprint density at radius 1 is 1.11 bits per heavy atom. The van der Waals surface area contributed by atoms with Crippen LogP contribution in [0.2, 0.25) is 0 Å². The number of likely N-dealkylation sites (tertiary alicyclic amines) is 1. The molecule has 9 heteroatoms. The van der Waals surface area contributed by atoms with Crippen LogP contribution < -0.4 is 8.85 Å². The topological polar surface area (TPSA) is 102 Å². The van der Waals surface area contributed by atoms with Crippen molar-refractivity contribution < 1.29 is 19.8 Å². The predicted octanol–water partition coefficient (Wildman–Crippen LogP) is 4.30. The van der Waals surface area contributed by atoms with Crippen LogP contribution in [0.25, 0.3) is 0 Å². The van der Waals surface area contributed by atoms with Crippen molar-refractivity contribution in [2.45, 2.75) is 62.1 Å². The van der Waals surface area contributed by atoms with Gasteiger partial charge in [-0.25, -0.2) is 0 Å². The first kappa shape index (κ1) is 28.2. The summed E-state index contributed by atoms with van der Waals surface area (Å²) in [6.07, 6.45) is 4.71. The number of benzene rings is 2. The maximum absolute atomic E-state index is 13.2. The number of aromatic hydroxyl groups is 1. The van der Waals surface area contributed by atoms with Crippen molar-refractivity contribution in [3.05, 3.63) is 59.7 Å². The molecule has 4 N–H and O–H groups in total. The number of aliphatic hydroxyl groups excluding tert-OH is 1. The lowest BCUT2D eigenvalue weighted by atomic mass is 9.72. The second-order valence-corrected chi connectivity index (χ2v) is 11.8. The summed E-state index contributed by atoms with van der Waals surface area (Å²) in [4.78, 5) is 29.2. The minimum absolute atomic E-state index is 0.0218. The van der Waals surface area contributed by atoms with Crippen molar-refractivity contribution >= 4 is 46.4 Å². The molecule has 2 aromatic rings. The molecule has 37 heavy (non-hydrogen) atoms. The summed E-state index contributed by atoms with van der Waals surface area (Å²) >= 11 is 3.47. The predicted molar refractivity (Wildman–Crippen MR) is 155 cm³/mol. The molecular weight excluding hydrogens is 601 g/mol. The Kier molecular flexibility index (Phi) is 10.1. The molecule has 1 saturated heterocycles. The number of piperidine rings is 1. The highest BCUT2D eigenvalue weighted by Gasteiger charge is 2.41. The Labute approximate surface area is 237 Å². The summed E-state index contributed by atoms with van der Waals surface area (Å²) in [7, 11) is 0. The van der Waals surface area contributed by atoms with Gasteiger partial charge in [0.1, 0.15) is 5.75 Å². The zero-order valence-electron chi connectivity index (χ0n) is 21.1. The second-order valence-electron chi connectivity index (χ2n) is 10.2. The van der Waals surface area contributed by atoms with E-state index in [0.717, 1.165) is 24.3 Å². The number of hydrogen-bond donors (Lipinski definition) is 4. The quantitative estimate of drug-likeness (QED) is 0.186.